The van der Waals surface area contributed by atoms with Gasteiger partial charge in [-0.3, -0.25) is 14.5 Å². The summed E-state index contributed by atoms with van der Waals surface area (Å²) in [5, 5.41) is 19.1. The highest BCUT2D eigenvalue weighted by Gasteiger charge is 2.26. The summed E-state index contributed by atoms with van der Waals surface area (Å²) in [5.74, 6) is -0.395. The first-order valence-electron chi connectivity index (χ1n) is 6.38. The summed E-state index contributed by atoms with van der Waals surface area (Å²) in [5.41, 5.74) is 0.551. The summed E-state index contributed by atoms with van der Waals surface area (Å²) in [7, 11) is 0. The first kappa shape index (κ1) is 13.5. The number of aliphatic hydroxyl groups excluding tert-OH is 1. The Labute approximate surface area is 111 Å². The zero-order valence-corrected chi connectivity index (χ0v) is 10.6. The minimum absolute atomic E-state index is 0.105. The zero-order chi connectivity index (χ0) is 13.8. The highest BCUT2D eigenvalue weighted by molar-refractivity contribution is 5.95. The Bertz CT molecular complexity index is 469. The van der Waals surface area contributed by atoms with Gasteiger partial charge in [0.1, 0.15) is 5.75 Å². The summed E-state index contributed by atoms with van der Waals surface area (Å²) in [6.45, 7) is 0.444. The molecule has 2 rings (SSSR count). The van der Waals surface area contributed by atoms with Crippen LogP contribution in [0.2, 0.25) is 0 Å². The van der Waals surface area contributed by atoms with Crippen molar-refractivity contribution in [1.82, 2.24) is 4.90 Å². The number of carbonyl (C=O) groups is 2. The smallest absolute Gasteiger partial charge is 0.232 e. The molecular weight excluding hydrogens is 246 g/mol. The van der Waals surface area contributed by atoms with Crippen molar-refractivity contribution >= 4 is 11.8 Å². The fourth-order valence-corrected chi connectivity index (χ4v) is 2.16. The van der Waals surface area contributed by atoms with Crippen LogP contribution >= 0.6 is 0 Å². The number of imide groups is 1. The van der Waals surface area contributed by atoms with Gasteiger partial charge in [-0.25, -0.2) is 0 Å². The van der Waals surface area contributed by atoms with Crippen LogP contribution in [0.1, 0.15) is 37.4 Å². The Morgan fingerprint density at radius 3 is 2.58 bits per heavy atom. The number of piperidine rings is 1. The molecule has 1 aromatic carbocycles. The number of phenolic OH excluding ortho intramolecular Hbond substituents is 1. The van der Waals surface area contributed by atoms with Gasteiger partial charge in [0.25, 0.3) is 0 Å². The molecule has 1 aliphatic rings. The van der Waals surface area contributed by atoms with Crippen molar-refractivity contribution in [3.8, 4) is 5.75 Å². The van der Waals surface area contributed by atoms with Gasteiger partial charge in [0, 0.05) is 13.0 Å². The number of benzene rings is 1. The molecule has 0 aromatic heterocycles. The predicted molar refractivity (Wildman–Crippen MR) is 68.3 cm³/mol. The maximum absolute atomic E-state index is 12.0. The molecule has 5 nitrogen and oxygen atoms in total. The summed E-state index contributed by atoms with van der Waals surface area (Å²) in [6, 6.07) is 6.03. The van der Waals surface area contributed by atoms with Crippen LogP contribution in [-0.2, 0) is 9.59 Å². The van der Waals surface area contributed by atoms with E-state index in [1.807, 2.05) is 0 Å². The Kier molecular flexibility index (Phi) is 4.16. The number of hydrogen-bond donors (Lipinski definition) is 2. The van der Waals surface area contributed by atoms with Gasteiger partial charge < -0.3 is 10.2 Å². The average molecular weight is 263 g/mol. The summed E-state index contributed by atoms with van der Waals surface area (Å²) < 4.78 is 0. The molecule has 0 saturated carbocycles. The molecule has 1 unspecified atom stereocenters. The Morgan fingerprint density at radius 2 is 1.95 bits per heavy atom. The lowest BCUT2D eigenvalue weighted by Crippen LogP contribution is -2.40. The molecule has 1 aliphatic heterocycles. The number of carbonyl (C=O) groups excluding carboxylic acids is 2. The van der Waals surface area contributed by atoms with Crippen molar-refractivity contribution in [3.05, 3.63) is 29.8 Å². The fourth-order valence-electron chi connectivity index (χ4n) is 2.16. The van der Waals surface area contributed by atoms with Crippen molar-refractivity contribution in [2.24, 2.45) is 0 Å². The van der Waals surface area contributed by atoms with Crippen LogP contribution in [0, 0.1) is 0 Å². The normalized spacial score (nSPS) is 17.3. The van der Waals surface area contributed by atoms with Crippen molar-refractivity contribution in [3.63, 3.8) is 0 Å². The molecular formula is C14H17NO4. The van der Waals surface area contributed by atoms with Crippen LogP contribution in [0.15, 0.2) is 24.3 Å². The van der Waals surface area contributed by atoms with Crippen LogP contribution in [0.5, 0.6) is 5.75 Å². The van der Waals surface area contributed by atoms with E-state index in [9.17, 15) is 14.7 Å². The van der Waals surface area contributed by atoms with Gasteiger partial charge in [0.2, 0.25) is 11.8 Å². The third-order valence-corrected chi connectivity index (χ3v) is 3.27. The number of aliphatic hydroxyl groups is 1. The number of phenols is 1. The highest BCUT2D eigenvalue weighted by Crippen LogP contribution is 2.21. The summed E-state index contributed by atoms with van der Waals surface area (Å²) in [6.07, 6.45) is 0.982. The standard InChI is InChI=1S/C14H17NO4/c16-11-6-4-10(5-7-11)12(17)9-14(19)15-8-2-1-3-13(15)18/h4-7,12,16-17H,1-3,8-9H2. The minimum atomic E-state index is -0.956. The maximum Gasteiger partial charge on any atom is 0.232 e. The second kappa shape index (κ2) is 5.84. The quantitative estimate of drug-likeness (QED) is 0.863. The second-order valence-electron chi connectivity index (χ2n) is 4.71. The molecule has 0 radical (unpaired) electrons. The van der Waals surface area contributed by atoms with E-state index in [-0.39, 0.29) is 24.0 Å². The predicted octanol–water partition coefficient (Wildman–Crippen LogP) is 1.35. The average Bonchev–Trinajstić information content (AvgIpc) is 2.39. The molecule has 2 amide bonds. The summed E-state index contributed by atoms with van der Waals surface area (Å²) in [4.78, 5) is 24.8. The van der Waals surface area contributed by atoms with Gasteiger partial charge in [-0.05, 0) is 30.5 Å². The van der Waals surface area contributed by atoms with Crippen LogP contribution in [0.3, 0.4) is 0 Å². The lowest BCUT2D eigenvalue weighted by molar-refractivity contribution is -0.147. The second-order valence-corrected chi connectivity index (χ2v) is 4.71. The number of nitrogens with zero attached hydrogens (tertiary/aromatic N) is 1. The molecule has 5 heteroatoms. The molecule has 102 valence electrons. The van der Waals surface area contributed by atoms with E-state index >= 15 is 0 Å². The molecule has 1 fully saturated rings. The number of aromatic hydroxyl groups is 1. The molecule has 1 saturated heterocycles. The van der Waals surface area contributed by atoms with Gasteiger partial charge in [-0.2, -0.15) is 0 Å². The molecule has 0 spiro atoms. The van der Waals surface area contributed by atoms with E-state index in [2.05, 4.69) is 0 Å². The van der Waals surface area contributed by atoms with E-state index in [1.54, 1.807) is 12.1 Å². The molecule has 1 aromatic rings. The zero-order valence-electron chi connectivity index (χ0n) is 10.6. The molecule has 0 bridgehead atoms. The Hall–Kier alpha value is -1.88. The van der Waals surface area contributed by atoms with Crippen molar-refractivity contribution in [2.75, 3.05) is 6.54 Å². The third-order valence-electron chi connectivity index (χ3n) is 3.27. The van der Waals surface area contributed by atoms with Gasteiger partial charge in [-0.15, -0.1) is 0 Å². The van der Waals surface area contributed by atoms with E-state index in [1.165, 1.54) is 17.0 Å². The fraction of sp³-hybridized carbons (Fsp3) is 0.429. The molecule has 2 N–H and O–H groups in total. The molecule has 1 atom stereocenters. The van der Waals surface area contributed by atoms with Crippen molar-refractivity contribution in [1.29, 1.82) is 0 Å². The van der Waals surface area contributed by atoms with Crippen LogP contribution in [-0.4, -0.2) is 33.5 Å². The number of rotatable bonds is 3. The monoisotopic (exact) mass is 263 g/mol. The van der Waals surface area contributed by atoms with Gasteiger partial charge >= 0.3 is 0 Å². The topological polar surface area (TPSA) is 77.8 Å². The lowest BCUT2D eigenvalue weighted by Gasteiger charge is -2.25. The molecule has 1 heterocycles. The van der Waals surface area contributed by atoms with Crippen molar-refractivity contribution < 1.29 is 19.8 Å². The minimum Gasteiger partial charge on any atom is -0.508 e. The number of likely N-dealkylation sites (tertiary alicyclic amines) is 1. The number of hydrogen-bond acceptors (Lipinski definition) is 4. The first-order chi connectivity index (χ1) is 9.08. The largest absolute Gasteiger partial charge is 0.508 e. The SMILES string of the molecule is O=C1CCCCN1C(=O)CC(O)c1ccc(O)cc1. The number of amides is 2. The van der Waals surface area contributed by atoms with Crippen LogP contribution in [0.25, 0.3) is 0 Å². The van der Waals surface area contributed by atoms with Crippen LogP contribution < -0.4 is 0 Å². The highest BCUT2D eigenvalue weighted by atomic mass is 16.3. The first-order valence-corrected chi connectivity index (χ1v) is 6.38. The van der Waals surface area contributed by atoms with Crippen LogP contribution in [0.4, 0.5) is 0 Å². The maximum atomic E-state index is 12.0. The van der Waals surface area contributed by atoms with Crippen molar-refractivity contribution in [2.45, 2.75) is 31.8 Å². The Morgan fingerprint density at radius 1 is 1.26 bits per heavy atom. The molecule has 19 heavy (non-hydrogen) atoms. The van der Waals surface area contributed by atoms with E-state index in [4.69, 9.17) is 5.11 Å². The van der Waals surface area contributed by atoms with E-state index in [0.29, 0.717) is 18.5 Å². The van der Waals surface area contributed by atoms with Gasteiger partial charge in [0.15, 0.2) is 0 Å². The summed E-state index contributed by atoms with van der Waals surface area (Å²) >= 11 is 0. The third kappa shape index (κ3) is 3.32. The Balaban J connectivity index is 1.98. The molecule has 0 aliphatic carbocycles. The van der Waals surface area contributed by atoms with E-state index < -0.39 is 6.10 Å². The lowest BCUT2D eigenvalue weighted by atomic mass is 10.0. The van der Waals surface area contributed by atoms with Gasteiger partial charge in [0.05, 0.1) is 12.5 Å². The van der Waals surface area contributed by atoms with E-state index in [0.717, 1.165) is 12.8 Å². The van der Waals surface area contributed by atoms with Gasteiger partial charge in [-0.1, -0.05) is 12.1 Å².